The van der Waals surface area contributed by atoms with E-state index >= 15 is 0 Å². The lowest BCUT2D eigenvalue weighted by molar-refractivity contribution is 0.129. The normalized spacial score (nSPS) is 12.1. The fraction of sp³-hybridized carbons (Fsp3) is 0.588. The lowest BCUT2D eigenvalue weighted by Gasteiger charge is -2.23. The number of hydrogen-bond donors (Lipinski definition) is 2. The number of benzene rings is 1. The zero-order valence-corrected chi connectivity index (χ0v) is 15.2. The quantitative estimate of drug-likeness (QED) is 0.459. The summed E-state index contributed by atoms with van der Waals surface area (Å²) in [5.74, 6) is 2.90. The Balaban J connectivity index is 2.55. The Morgan fingerprint density at radius 1 is 1.23 bits per heavy atom. The molecule has 0 aliphatic heterocycles. The molecule has 5 heteroatoms. The average Bonchev–Trinajstić information content (AvgIpc) is 2.46. The molecule has 0 unspecified atom stereocenters. The van der Waals surface area contributed by atoms with E-state index in [0.29, 0.717) is 6.54 Å². The zero-order valence-electron chi connectivity index (χ0n) is 14.4. The molecule has 1 aromatic rings. The summed E-state index contributed by atoms with van der Waals surface area (Å²) in [7, 11) is 1.79. The summed E-state index contributed by atoms with van der Waals surface area (Å²) in [4.78, 5) is 4.25. The van der Waals surface area contributed by atoms with Gasteiger partial charge in [-0.2, -0.15) is 11.8 Å². The molecular weight excluding hydrogens is 294 g/mol. The molecule has 4 nitrogen and oxygen atoms in total. The second kappa shape index (κ2) is 9.62. The van der Waals surface area contributed by atoms with E-state index in [2.05, 4.69) is 48.7 Å². The van der Waals surface area contributed by atoms with E-state index in [4.69, 9.17) is 4.74 Å². The number of nitrogens with zero attached hydrogens (tertiary/aromatic N) is 1. The smallest absolute Gasteiger partial charge is 0.191 e. The van der Waals surface area contributed by atoms with Gasteiger partial charge in [0.05, 0.1) is 0 Å². The number of guanidine groups is 1. The van der Waals surface area contributed by atoms with Gasteiger partial charge in [0.1, 0.15) is 11.4 Å². The molecule has 0 aliphatic carbocycles. The van der Waals surface area contributed by atoms with Crippen molar-refractivity contribution in [3.05, 3.63) is 29.8 Å². The van der Waals surface area contributed by atoms with E-state index in [0.717, 1.165) is 36.0 Å². The highest BCUT2D eigenvalue weighted by atomic mass is 32.2. The van der Waals surface area contributed by atoms with Gasteiger partial charge in [0, 0.05) is 25.7 Å². The summed E-state index contributed by atoms with van der Waals surface area (Å²) in [6.45, 7) is 7.80. The van der Waals surface area contributed by atoms with Gasteiger partial charge in [-0.1, -0.05) is 18.2 Å². The van der Waals surface area contributed by atoms with Gasteiger partial charge in [-0.15, -0.1) is 0 Å². The number of thioether (sulfide) groups is 1. The minimum atomic E-state index is -0.201. The van der Waals surface area contributed by atoms with Crippen molar-refractivity contribution in [2.24, 2.45) is 4.99 Å². The lowest BCUT2D eigenvalue weighted by Crippen LogP contribution is -2.37. The van der Waals surface area contributed by atoms with Crippen molar-refractivity contribution in [1.82, 2.24) is 10.6 Å². The van der Waals surface area contributed by atoms with E-state index in [9.17, 15) is 0 Å². The van der Waals surface area contributed by atoms with Crippen LogP contribution in [0.3, 0.4) is 0 Å². The third-order valence-electron chi connectivity index (χ3n) is 2.88. The second-order valence-electron chi connectivity index (χ2n) is 6.02. The predicted molar refractivity (Wildman–Crippen MR) is 98.0 cm³/mol. The summed E-state index contributed by atoms with van der Waals surface area (Å²) < 4.78 is 6.01. The number of hydrogen-bond acceptors (Lipinski definition) is 3. The van der Waals surface area contributed by atoms with E-state index in [1.165, 1.54) is 0 Å². The Labute approximate surface area is 139 Å². The van der Waals surface area contributed by atoms with Crippen molar-refractivity contribution in [3.63, 3.8) is 0 Å². The fourth-order valence-electron chi connectivity index (χ4n) is 1.90. The minimum absolute atomic E-state index is 0.201. The SMILES string of the molecule is CN=C(NCCCSC)NCc1ccccc1OC(C)(C)C. The third-order valence-corrected chi connectivity index (χ3v) is 3.57. The summed E-state index contributed by atoms with van der Waals surface area (Å²) in [6.07, 6.45) is 3.25. The molecule has 124 valence electrons. The maximum absolute atomic E-state index is 6.01. The van der Waals surface area contributed by atoms with Crippen LogP contribution in [0.5, 0.6) is 5.75 Å². The van der Waals surface area contributed by atoms with Crippen LogP contribution >= 0.6 is 11.8 Å². The van der Waals surface area contributed by atoms with Crippen LogP contribution in [-0.2, 0) is 6.54 Å². The van der Waals surface area contributed by atoms with Crippen molar-refractivity contribution in [3.8, 4) is 5.75 Å². The van der Waals surface area contributed by atoms with Gasteiger partial charge in [-0.3, -0.25) is 4.99 Å². The minimum Gasteiger partial charge on any atom is -0.488 e. The van der Waals surface area contributed by atoms with Crippen molar-refractivity contribution in [1.29, 1.82) is 0 Å². The Bertz CT molecular complexity index is 469. The van der Waals surface area contributed by atoms with Crippen LogP contribution in [-0.4, -0.2) is 37.2 Å². The summed E-state index contributed by atoms with van der Waals surface area (Å²) in [5, 5.41) is 6.67. The molecule has 22 heavy (non-hydrogen) atoms. The first-order chi connectivity index (χ1) is 10.5. The number of rotatable bonds is 7. The van der Waals surface area contributed by atoms with E-state index in [1.807, 2.05) is 30.0 Å². The Kier molecular flexibility index (Phi) is 8.17. The van der Waals surface area contributed by atoms with Crippen LogP contribution in [0.2, 0.25) is 0 Å². The highest BCUT2D eigenvalue weighted by Crippen LogP contribution is 2.22. The molecule has 0 radical (unpaired) electrons. The third kappa shape index (κ3) is 7.59. The number of ether oxygens (including phenoxy) is 1. The first kappa shape index (κ1) is 18.7. The molecule has 0 fully saturated rings. The summed E-state index contributed by atoms with van der Waals surface area (Å²) >= 11 is 1.86. The molecule has 0 aliphatic rings. The van der Waals surface area contributed by atoms with Gasteiger partial charge in [0.15, 0.2) is 5.96 Å². The molecule has 0 bridgehead atoms. The zero-order chi connectivity index (χ0) is 16.4. The number of nitrogens with one attached hydrogen (secondary N) is 2. The van der Waals surface area contributed by atoms with Gasteiger partial charge in [-0.25, -0.2) is 0 Å². The monoisotopic (exact) mass is 323 g/mol. The standard InChI is InChI=1S/C17H29N3OS/c1-17(2,3)21-15-10-7-6-9-14(15)13-20-16(18-4)19-11-8-12-22-5/h6-7,9-10H,8,11-13H2,1-5H3,(H2,18,19,20). The van der Waals surface area contributed by atoms with E-state index in [-0.39, 0.29) is 5.60 Å². The van der Waals surface area contributed by atoms with E-state index in [1.54, 1.807) is 7.05 Å². The molecule has 0 amide bonds. The molecule has 0 atom stereocenters. The van der Waals surface area contributed by atoms with Crippen molar-refractivity contribution < 1.29 is 4.74 Å². The highest BCUT2D eigenvalue weighted by molar-refractivity contribution is 7.98. The molecular formula is C17H29N3OS. The molecule has 0 spiro atoms. The fourth-order valence-corrected chi connectivity index (χ4v) is 2.34. The van der Waals surface area contributed by atoms with Gasteiger partial charge in [0.2, 0.25) is 0 Å². The van der Waals surface area contributed by atoms with Crippen molar-refractivity contribution >= 4 is 17.7 Å². The maximum atomic E-state index is 6.01. The van der Waals surface area contributed by atoms with Crippen LogP contribution < -0.4 is 15.4 Å². The topological polar surface area (TPSA) is 45.7 Å². The van der Waals surface area contributed by atoms with Crippen molar-refractivity contribution in [2.45, 2.75) is 39.3 Å². The molecule has 0 aromatic heterocycles. The Morgan fingerprint density at radius 3 is 2.59 bits per heavy atom. The van der Waals surface area contributed by atoms with Crippen molar-refractivity contribution in [2.75, 3.05) is 25.6 Å². The molecule has 0 saturated heterocycles. The van der Waals surface area contributed by atoms with Gasteiger partial charge in [-0.05, 0) is 45.3 Å². The van der Waals surface area contributed by atoms with Crippen LogP contribution in [0.1, 0.15) is 32.8 Å². The number of para-hydroxylation sites is 1. The molecule has 2 N–H and O–H groups in total. The van der Waals surface area contributed by atoms with Crippen LogP contribution in [0.4, 0.5) is 0 Å². The summed E-state index contributed by atoms with van der Waals surface area (Å²) in [5.41, 5.74) is 0.929. The molecule has 0 heterocycles. The highest BCUT2D eigenvalue weighted by Gasteiger charge is 2.14. The van der Waals surface area contributed by atoms with Crippen LogP contribution in [0.25, 0.3) is 0 Å². The first-order valence-corrected chi connectivity index (χ1v) is 9.06. The Hall–Kier alpha value is -1.36. The average molecular weight is 324 g/mol. The molecule has 1 rings (SSSR count). The predicted octanol–water partition coefficient (Wildman–Crippen LogP) is 3.28. The summed E-state index contributed by atoms with van der Waals surface area (Å²) in [6, 6.07) is 8.12. The Morgan fingerprint density at radius 2 is 1.95 bits per heavy atom. The second-order valence-corrected chi connectivity index (χ2v) is 7.01. The van der Waals surface area contributed by atoms with E-state index < -0.39 is 0 Å². The number of aliphatic imine (C=N–C) groups is 1. The molecule has 0 saturated carbocycles. The first-order valence-electron chi connectivity index (χ1n) is 7.66. The molecule has 1 aromatic carbocycles. The van der Waals surface area contributed by atoms with Gasteiger partial charge in [0.25, 0.3) is 0 Å². The van der Waals surface area contributed by atoms with Gasteiger partial charge < -0.3 is 15.4 Å². The van der Waals surface area contributed by atoms with Gasteiger partial charge >= 0.3 is 0 Å². The lowest BCUT2D eigenvalue weighted by atomic mass is 10.1. The van der Waals surface area contributed by atoms with Crippen LogP contribution in [0.15, 0.2) is 29.3 Å². The largest absolute Gasteiger partial charge is 0.488 e. The van der Waals surface area contributed by atoms with Crippen LogP contribution in [0, 0.1) is 0 Å². The maximum Gasteiger partial charge on any atom is 0.191 e.